The first kappa shape index (κ1) is 19.2. The van der Waals surface area contributed by atoms with Gasteiger partial charge in [-0.3, -0.25) is 0 Å². The van der Waals surface area contributed by atoms with Gasteiger partial charge in [-0.2, -0.15) is 0 Å². The van der Waals surface area contributed by atoms with Gasteiger partial charge in [-0.1, -0.05) is 0 Å². The van der Waals surface area contributed by atoms with E-state index >= 15 is 0 Å². The second kappa shape index (κ2) is 7.89. The SMILES string of the molecule is Cc1cc(Nc2ncnc3sc4c(c23)CCNCC4)ccc1Oc1ccn2ccnc2c1. The van der Waals surface area contributed by atoms with E-state index in [1.165, 1.54) is 10.4 Å². The molecule has 1 aliphatic heterocycles. The van der Waals surface area contributed by atoms with E-state index in [0.717, 1.165) is 70.4 Å². The van der Waals surface area contributed by atoms with Crippen LogP contribution < -0.4 is 15.4 Å². The van der Waals surface area contributed by atoms with Crippen LogP contribution in [-0.4, -0.2) is 32.4 Å². The number of aryl methyl sites for hydroxylation is 1. The summed E-state index contributed by atoms with van der Waals surface area (Å²) in [6.45, 7) is 4.06. The standard InChI is InChI=1S/C24H22N6OS/c1-15-12-16(2-3-19(15)31-17-6-10-30-11-9-26-21(30)13-17)29-23-22-18-4-7-25-8-5-20(18)32-24(22)28-14-27-23/h2-3,6,9-14,25H,4-5,7-8H2,1H3,(H,27,28,29). The molecule has 0 spiro atoms. The van der Waals surface area contributed by atoms with Crippen molar-refractivity contribution in [2.75, 3.05) is 18.4 Å². The summed E-state index contributed by atoms with van der Waals surface area (Å²) in [4.78, 5) is 15.9. The van der Waals surface area contributed by atoms with Crippen LogP contribution in [0.3, 0.4) is 0 Å². The van der Waals surface area contributed by atoms with Crippen LogP contribution >= 0.6 is 11.3 Å². The van der Waals surface area contributed by atoms with Crippen LogP contribution in [0.15, 0.2) is 55.2 Å². The zero-order chi connectivity index (χ0) is 21.5. The van der Waals surface area contributed by atoms with Crippen molar-refractivity contribution in [1.29, 1.82) is 0 Å². The summed E-state index contributed by atoms with van der Waals surface area (Å²) in [5, 5.41) is 8.16. The zero-order valence-electron chi connectivity index (χ0n) is 17.6. The number of ether oxygens (including phenoxy) is 1. The van der Waals surface area contributed by atoms with Crippen LogP contribution in [0.1, 0.15) is 16.0 Å². The van der Waals surface area contributed by atoms with Crippen LogP contribution in [0.4, 0.5) is 11.5 Å². The third-order valence-electron chi connectivity index (χ3n) is 5.79. The van der Waals surface area contributed by atoms with E-state index in [1.807, 2.05) is 48.0 Å². The topological polar surface area (TPSA) is 76.4 Å². The number of rotatable bonds is 4. The van der Waals surface area contributed by atoms with Gasteiger partial charge in [0.1, 0.15) is 34.1 Å². The summed E-state index contributed by atoms with van der Waals surface area (Å²) < 4.78 is 8.08. The number of fused-ring (bicyclic) bond motifs is 4. The summed E-state index contributed by atoms with van der Waals surface area (Å²) in [6, 6.07) is 9.97. The molecule has 0 unspecified atom stereocenters. The average Bonchev–Trinajstić information content (AvgIpc) is 3.33. The monoisotopic (exact) mass is 442 g/mol. The van der Waals surface area contributed by atoms with Crippen LogP contribution in [0.2, 0.25) is 0 Å². The molecule has 2 N–H and O–H groups in total. The van der Waals surface area contributed by atoms with Gasteiger partial charge >= 0.3 is 0 Å². The Morgan fingerprint density at radius 1 is 1.06 bits per heavy atom. The molecule has 0 aliphatic carbocycles. The molecule has 0 saturated carbocycles. The summed E-state index contributed by atoms with van der Waals surface area (Å²) in [5.41, 5.74) is 4.25. The lowest BCUT2D eigenvalue weighted by atomic mass is 10.1. The Morgan fingerprint density at radius 3 is 2.94 bits per heavy atom. The first-order valence-electron chi connectivity index (χ1n) is 10.7. The molecule has 6 rings (SSSR count). The van der Waals surface area contributed by atoms with Crippen molar-refractivity contribution in [2.45, 2.75) is 19.8 Å². The van der Waals surface area contributed by atoms with Crippen LogP contribution in [0.5, 0.6) is 11.5 Å². The molecule has 0 atom stereocenters. The van der Waals surface area contributed by atoms with Crippen molar-refractivity contribution in [3.63, 3.8) is 0 Å². The smallest absolute Gasteiger partial charge is 0.142 e. The van der Waals surface area contributed by atoms with Gasteiger partial charge in [0.15, 0.2) is 0 Å². The Hall–Kier alpha value is -3.49. The minimum atomic E-state index is 0.764. The molecular formula is C24H22N6OS. The number of hydrogen-bond donors (Lipinski definition) is 2. The Balaban J connectivity index is 1.29. The Bertz CT molecular complexity index is 1440. The van der Waals surface area contributed by atoms with Gasteiger partial charge in [-0.15, -0.1) is 11.3 Å². The molecule has 8 heteroatoms. The number of aromatic nitrogens is 4. The minimum Gasteiger partial charge on any atom is -0.457 e. The fourth-order valence-electron chi connectivity index (χ4n) is 4.20. The molecule has 32 heavy (non-hydrogen) atoms. The molecule has 0 radical (unpaired) electrons. The van der Waals surface area contributed by atoms with Crippen molar-refractivity contribution in [2.24, 2.45) is 0 Å². The number of benzene rings is 1. The highest BCUT2D eigenvalue weighted by atomic mass is 32.1. The van der Waals surface area contributed by atoms with Crippen molar-refractivity contribution < 1.29 is 4.74 Å². The van der Waals surface area contributed by atoms with E-state index in [4.69, 9.17) is 4.74 Å². The third kappa shape index (κ3) is 3.47. The Kier molecular flexibility index (Phi) is 4.74. The predicted molar refractivity (Wildman–Crippen MR) is 127 cm³/mol. The van der Waals surface area contributed by atoms with E-state index < -0.39 is 0 Å². The molecule has 5 heterocycles. The number of nitrogens with one attached hydrogen (secondary N) is 2. The van der Waals surface area contributed by atoms with E-state index in [-0.39, 0.29) is 0 Å². The van der Waals surface area contributed by atoms with Gasteiger partial charge in [0.2, 0.25) is 0 Å². The third-order valence-corrected chi connectivity index (χ3v) is 6.99. The molecule has 0 fully saturated rings. The number of thiophene rings is 1. The highest BCUT2D eigenvalue weighted by Gasteiger charge is 2.19. The molecule has 0 amide bonds. The summed E-state index contributed by atoms with van der Waals surface area (Å²) in [7, 11) is 0. The minimum absolute atomic E-state index is 0.764. The number of imidazole rings is 1. The highest BCUT2D eigenvalue weighted by Crippen LogP contribution is 2.37. The summed E-state index contributed by atoms with van der Waals surface area (Å²) in [5.74, 6) is 2.45. The Morgan fingerprint density at radius 2 is 2.00 bits per heavy atom. The number of pyridine rings is 1. The van der Waals surface area contributed by atoms with Gasteiger partial charge in [0.05, 0.1) is 5.39 Å². The lowest BCUT2D eigenvalue weighted by molar-refractivity contribution is 0.478. The normalized spacial score (nSPS) is 13.8. The summed E-state index contributed by atoms with van der Waals surface area (Å²) in [6.07, 6.45) is 9.34. The van der Waals surface area contributed by atoms with Gasteiger partial charge in [-0.05, 0) is 68.2 Å². The molecule has 4 aromatic heterocycles. The van der Waals surface area contributed by atoms with Gasteiger partial charge in [0.25, 0.3) is 0 Å². The maximum absolute atomic E-state index is 6.13. The largest absolute Gasteiger partial charge is 0.457 e. The van der Waals surface area contributed by atoms with Crippen LogP contribution in [0, 0.1) is 6.92 Å². The molecule has 7 nitrogen and oxygen atoms in total. The first-order chi connectivity index (χ1) is 15.7. The lowest BCUT2D eigenvalue weighted by Gasteiger charge is -2.12. The molecule has 5 aromatic rings. The Labute approximate surface area is 189 Å². The van der Waals surface area contributed by atoms with Gasteiger partial charge < -0.3 is 19.8 Å². The van der Waals surface area contributed by atoms with Gasteiger partial charge in [-0.25, -0.2) is 15.0 Å². The van der Waals surface area contributed by atoms with E-state index in [1.54, 1.807) is 23.9 Å². The predicted octanol–water partition coefficient (Wildman–Crippen LogP) is 4.87. The molecule has 1 aromatic carbocycles. The maximum Gasteiger partial charge on any atom is 0.142 e. The first-order valence-corrected chi connectivity index (χ1v) is 11.5. The molecule has 1 aliphatic rings. The fourth-order valence-corrected chi connectivity index (χ4v) is 5.38. The fraction of sp³-hybridized carbons (Fsp3) is 0.208. The second-order valence-corrected chi connectivity index (χ2v) is 9.00. The molecule has 0 saturated heterocycles. The highest BCUT2D eigenvalue weighted by molar-refractivity contribution is 7.19. The molecule has 160 valence electrons. The van der Waals surface area contributed by atoms with E-state index in [9.17, 15) is 0 Å². The maximum atomic E-state index is 6.13. The average molecular weight is 443 g/mol. The number of anilines is 2. The van der Waals surface area contributed by atoms with E-state index in [2.05, 4.69) is 31.7 Å². The zero-order valence-corrected chi connectivity index (χ0v) is 18.4. The number of hydrogen-bond acceptors (Lipinski definition) is 7. The molecule has 0 bridgehead atoms. The van der Waals surface area contributed by atoms with Gasteiger partial charge in [0, 0.05) is 35.2 Å². The van der Waals surface area contributed by atoms with Crippen LogP contribution in [-0.2, 0) is 12.8 Å². The lowest BCUT2D eigenvalue weighted by Crippen LogP contribution is -2.16. The second-order valence-electron chi connectivity index (χ2n) is 7.92. The van der Waals surface area contributed by atoms with Crippen LogP contribution in [0.25, 0.3) is 15.9 Å². The van der Waals surface area contributed by atoms with Crippen molar-refractivity contribution in [1.82, 2.24) is 24.7 Å². The van der Waals surface area contributed by atoms with E-state index in [0.29, 0.717) is 0 Å². The molecular weight excluding hydrogens is 420 g/mol. The van der Waals surface area contributed by atoms with Crippen molar-refractivity contribution in [3.8, 4) is 11.5 Å². The number of nitrogens with zero attached hydrogens (tertiary/aromatic N) is 4. The van der Waals surface area contributed by atoms with Crippen molar-refractivity contribution in [3.05, 3.63) is 71.3 Å². The quantitative estimate of drug-likeness (QED) is 0.414. The summed E-state index contributed by atoms with van der Waals surface area (Å²) >= 11 is 1.79. The van der Waals surface area contributed by atoms with Crippen molar-refractivity contribution >= 4 is 38.7 Å².